The van der Waals surface area contributed by atoms with Gasteiger partial charge in [-0.3, -0.25) is 0 Å². The van der Waals surface area contributed by atoms with Crippen LogP contribution in [0.5, 0.6) is 0 Å². The Morgan fingerprint density at radius 3 is 2.68 bits per heavy atom. The van der Waals surface area contributed by atoms with Crippen molar-refractivity contribution in [2.24, 2.45) is 0 Å². The largest absolute Gasteiger partial charge is 0.383 e. The summed E-state index contributed by atoms with van der Waals surface area (Å²) in [6, 6.07) is 10.4. The first-order valence-electron chi connectivity index (χ1n) is 6.88. The molecule has 0 amide bonds. The van der Waals surface area contributed by atoms with Gasteiger partial charge in [-0.15, -0.1) is 11.3 Å². The Morgan fingerprint density at radius 2 is 1.95 bits per heavy atom. The van der Waals surface area contributed by atoms with Crippen molar-refractivity contribution >= 4 is 28.8 Å². The maximum absolute atomic E-state index is 13.0. The number of aromatic nitrogens is 2. The Balaban J connectivity index is 1.69. The van der Waals surface area contributed by atoms with Crippen molar-refractivity contribution in [2.45, 2.75) is 6.42 Å². The zero-order chi connectivity index (χ0) is 15.1. The van der Waals surface area contributed by atoms with Crippen molar-refractivity contribution in [2.75, 3.05) is 5.73 Å². The van der Waals surface area contributed by atoms with E-state index < -0.39 is 0 Å². The van der Waals surface area contributed by atoms with Crippen LogP contribution in [0.25, 0.3) is 22.2 Å². The van der Waals surface area contributed by atoms with E-state index in [2.05, 4.69) is 16.0 Å². The first kappa shape index (κ1) is 13.2. The predicted molar refractivity (Wildman–Crippen MR) is 87.7 cm³/mol. The topological polar surface area (TPSA) is 51.8 Å². The van der Waals surface area contributed by atoms with Gasteiger partial charge in [-0.25, -0.2) is 14.4 Å². The molecule has 0 saturated heterocycles. The molecule has 0 spiro atoms. The SMILES string of the molecule is Nc1ncccc1-c1nc2c(s1)C=C(c1ccc(F)cc1)C2. The number of nitrogen functional groups attached to an aromatic ring is 1. The van der Waals surface area contributed by atoms with Crippen LogP contribution >= 0.6 is 11.3 Å². The van der Waals surface area contributed by atoms with E-state index >= 15 is 0 Å². The zero-order valence-electron chi connectivity index (χ0n) is 11.6. The first-order valence-corrected chi connectivity index (χ1v) is 7.69. The predicted octanol–water partition coefficient (Wildman–Crippen LogP) is 4.02. The fourth-order valence-electron chi connectivity index (χ4n) is 2.56. The van der Waals surface area contributed by atoms with E-state index in [9.17, 15) is 4.39 Å². The molecule has 0 fully saturated rings. The average Bonchev–Trinajstić information content (AvgIpc) is 3.07. The van der Waals surface area contributed by atoms with Gasteiger partial charge < -0.3 is 5.73 Å². The molecule has 0 unspecified atom stereocenters. The van der Waals surface area contributed by atoms with Crippen LogP contribution in [0.3, 0.4) is 0 Å². The highest BCUT2D eigenvalue weighted by molar-refractivity contribution is 7.16. The lowest BCUT2D eigenvalue weighted by Gasteiger charge is -2.02. The van der Waals surface area contributed by atoms with Crippen LogP contribution in [-0.2, 0) is 6.42 Å². The van der Waals surface area contributed by atoms with E-state index in [0.29, 0.717) is 5.82 Å². The number of anilines is 1. The second kappa shape index (κ2) is 5.03. The summed E-state index contributed by atoms with van der Waals surface area (Å²) >= 11 is 1.61. The normalized spacial score (nSPS) is 13.0. The monoisotopic (exact) mass is 309 g/mol. The number of rotatable bonds is 2. The number of pyridine rings is 1. The number of hydrogen-bond donors (Lipinski definition) is 1. The summed E-state index contributed by atoms with van der Waals surface area (Å²) in [7, 11) is 0. The molecule has 1 aliphatic rings. The average molecular weight is 309 g/mol. The Morgan fingerprint density at radius 1 is 1.14 bits per heavy atom. The second-order valence-corrected chi connectivity index (χ2v) is 6.15. The van der Waals surface area contributed by atoms with Gasteiger partial charge in [0.05, 0.1) is 16.1 Å². The summed E-state index contributed by atoms with van der Waals surface area (Å²) in [6.07, 6.45) is 4.56. The maximum atomic E-state index is 13.0. The number of allylic oxidation sites excluding steroid dienone is 1. The van der Waals surface area contributed by atoms with Crippen LogP contribution in [0.15, 0.2) is 42.6 Å². The summed E-state index contributed by atoms with van der Waals surface area (Å²) in [6.45, 7) is 0. The molecule has 1 aliphatic carbocycles. The van der Waals surface area contributed by atoms with Crippen LogP contribution in [0, 0.1) is 5.82 Å². The summed E-state index contributed by atoms with van der Waals surface area (Å²) < 4.78 is 13.0. The third kappa shape index (κ3) is 2.19. The van der Waals surface area contributed by atoms with Gasteiger partial charge in [-0.05, 0) is 41.5 Å². The van der Waals surface area contributed by atoms with Crippen molar-refractivity contribution in [3.8, 4) is 10.6 Å². The number of halogens is 1. The molecule has 3 nitrogen and oxygen atoms in total. The molecule has 5 heteroatoms. The summed E-state index contributed by atoms with van der Waals surface area (Å²) in [5, 5.41) is 0.894. The minimum Gasteiger partial charge on any atom is -0.383 e. The molecule has 0 aliphatic heterocycles. The fourth-order valence-corrected chi connectivity index (χ4v) is 3.64. The molecule has 3 aromatic rings. The van der Waals surface area contributed by atoms with Crippen molar-refractivity contribution in [3.05, 3.63) is 64.5 Å². The van der Waals surface area contributed by atoms with E-state index in [1.807, 2.05) is 12.1 Å². The Labute approximate surface area is 131 Å². The van der Waals surface area contributed by atoms with Gasteiger partial charge in [-0.1, -0.05) is 12.1 Å². The quantitative estimate of drug-likeness (QED) is 0.778. The molecule has 4 rings (SSSR count). The van der Waals surface area contributed by atoms with E-state index in [-0.39, 0.29) is 5.82 Å². The highest BCUT2D eigenvalue weighted by atomic mass is 32.1. The molecule has 1 aromatic carbocycles. The van der Waals surface area contributed by atoms with E-state index in [1.165, 1.54) is 17.7 Å². The Hall–Kier alpha value is -2.53. The highest BCUT2D eigenvalue weighted by Gasteiger charge is 2.20. The van der Waals surface area contributed by atoms with E-state index in [0.717, 1.165) is 33.1 Å². The Kier molecular flexibility index (Phi) is 3.01. The van der Waals surface area contributed by atoms with Gasteiger partial charge in [0.1, 0.15) is 16.6 Å². The lowest BCUT2D eigenvalue weighted by Crippen LogP contribution is -1.93. The second-order valence-electron chi connectivity index (χ2n) is 5.12. The van der Waals surface area contributed by atoms with Crippen molar-refractivity contribution < 1.29 is 4.39 Å². The lowest BCUT2D eigenvalue weighted by molar-refractivity contribution is 0.627. The molecule has 0 radical (unpaired) electrons. The van der Waals surface area contributed by atoms with Crippen molar-refractivity contribution in [1.29, 1.82) is 0 Å². The molecule has 2 N–H and O–H groups in total. The van der Waals surface area contributed by atoms with E-state index in [4.69, 9.17) is 5.73 Å². The highest BCUT2D eigenvalue weighted by Crippen LogP contribution is 2.39. The van der Waals surface area contributed by atoms with Gasteiger partial charge >= 0.3 is 0 Å². The van der Waals surface area contributed by atoms with Gasteiger partial charge in [0.15, 0.2) is 0 Å². The third-order valence-corrected chi connectivity index (χ3v) is 4.75. The van der Waals surface area contributed by atoms with Gasteiger partial charge in [0.2, 0.25) is 0 Å². The van der Waals surface area contributed by atoms with Gasteiger partial charge in [-0.2, -0.15) is 0 Å². The van der Waals surface area contributed by atoms with Crippen molar-refractivity contribution in [3.63, 3.8) is 0 Å². The standard InChI is InChI=1S/C17H12FN3S/c18-12-5-3-10(4-6-12)11-8-14-15(9-11)22-17(21-14)13-2-1-7-20-16(13)19/h1-7,9H,8H2,(H2,19,20). The summed E-state index contributed by atoms with van der Waals surface area (Å²) in [4.78, 5) is 9.93. The molecule has 108 valence electrons. The number of nitrogens with zero attached hydrogens (tertiary/aromatic N) is 2. The minimum absolute atomic E-state index is 0.218. The number of fused-ring (bicyclic) bond motifs is 1. The summed E-state index contributed by atoms with van der Waals surface area (Å²) in [5.41, 5.74) is 10.0. The molecule has 2 aromatic heterocycles. The third-order valence-electron chi connectivity index (χ3n) is 3.67. The zero-order valence-corrected chi connectivity index (χ0v) is 12.4. The smallest absolute Gasteiger partial charge is 0.133 e. The van der Waals surface area contributed by atoms with E-state index in [1.54, 1.807) is 29.7 Å². The van der Waals surface area contributed by atoms with Gasteiger partial charge in [0.25, 0.3) is 0 Å². The number of benzene rings is 1. The number of thiazole rings is 1. The summed E-state index contributed by atoms with van der Waals surface area (Å²) in [5.74, 6) is 0.280. The molecule has 22 heavy (non-hydrogen) atoms. The van der Waals surface area contributed by atoms with Crippen LogP contribution in [0.2, 0.25) is 0 Å². The molecule has 0 bridgehead atoms. The Bertz CT molecular complexity index is 881. The van der Waals surface area contributed by atoms with Crippen LogP contribution in [0.1, 0.15) is 16.1 Å². The minimum atomic E-state index is -0.218. The van der Waals surface area contributed by atoms with Crippen LogP contribution in [-0.4, -0.2) is 9.97 Å². The first-order chi connectivity index (χ1) is 10.7. The lowest BCUT2D eigenvalue weighted by atomic mass is 10.1. The molecule has 0 atom stereocenters. The van der Waals surface area contributed by atoms with Gasteiger partial charge in [0, 0.05) is 12.6 Å². The van der Waals surface area contributed by atoms with Crippen molar-refractivity contribution in [1.82, 2.24) is 9.97 Å². The molecular weight excluding hydrogens is 297 g/mol. The van der Waals surface area contributed by atoms with Crippen LogP contribution in [0.4, 0.5) is 10.2 Å². The van der Waals surface area contributed by atoms with Crippen LogP contribution < -0.4 is 5.73 Å². The maximum Gasteiger partial charge on any atom is 0.133 e. The molecule has 2 heterocycles. The molecule has 0 saturated carbocycles. The fraction of sp³-hybridized carbons (Fsp3) is 0.0588. The number of nitrogens with two attached hydrogens (primary N) is 1. The number of hydrogen-bond acceptors (Lipinski definition) is 4. The molecular formula is C17H12FN3S.